The number of nitrogens with one attached hydrogen (secondary N) is 3. The minimum absolute atomic E-state index is 0.108. The van der Waals surface area contributed by atoms with Gasteiger partial charge in [0.05, 0.1) is 23.1 Å². The first-order valence-electron chi connectivity index (χ1n) is 8.38. The fourth-order valence-electron chi connectivity index (χ4n) is 3.13. The molecule has 0 atom stereocenters. The van der Waals surface area contributed by atoms with E-state index in [1.165, 1.54) is 0 Å². The molecule has 0 bridgehead atoms. The van der Waals surface area contributed by atoms with E-state index in [9.17, 15) is 4.79 Å². The number of rotatable bonds is 4. The molecule has 1 fully saturated rings. The van der Waals surface area contributed by atoms with E-state index in [0.29, 0.717) is 30.3 Å². The van der Waals surface area contributed by atoms with Gasteiger partial charge >= 0.3 is 0 Å². The highest BCUT2D eigenvalue weighted by molar-refractivity contribution is 6.04. The molecule has 11 heteroatoms. The molecule has 134 valence electrons. The van der Waals surface area contributed by atoms with Crippen molar-refractivity contribution in [2.45, 2.75) is 12.8 Å². The Labute approximate surface area is 152 Å². The van der Waals surface area contributed by atoms with Crippen LogP contribution < -0.4 is 10.2 Å². The van der Waals surface area contributed by atoms with Crippen molar-refractivity contribution in [1.82, 2.24) is 40.6 Å². The summed E-state index contributed by atoms with van der Waals surface area (Å²) in [7, 11) is 0. The van der Waals surface area contributed by atoms with Gasteiger partial charge in [-0.15, -0.1) is 10.2 Å². The van der Waals surface area contributed by atoms with E-state index < -0.39 is 0 Å². The number of hydrogen-bond donors (Lipinski definition) is 3. The highest BCUT2D eigenvalue weighted by Crippen LogP contribution is 2.32. The second-order valence-corrected chi connectivity index (χ2v) is 6.10. The van der Waals surface area contributed by atoms with Crippen molar-refractivity contribution < 1.29 is 4.79 Å². The van der Waals surface area contributed by atoms with Crippen molar-refractivity contribution >= 4 is 34.3 Å². The van der Waals surface area contributed by atoms with Gasteiger partial charge in [-0.2, -0.15) is 5.21 Å². The molecule has 0 radical (unpaired) electrons. The minimum atomic E-state index is 0.108. The Hall–Kier alpha value is -3.89. The van der Waals surface area contributed by atoms with Gasteiger partial charge in [0, 0.05) is 31.0 Å². The molecule has 0 aliphatic carbocycles. The number of amides is 1. The van der Waals surface area contributed by atoms with Crippen LogP contribution in [0.15, 0.2) is 30.9 Å². The summed E-state index contributed by atoms with van der Waals surface area (Å²) in [6, 6.07) is 3.80. The second-order valence-electron chi connectivity index (χ2n) is 6.10. The van der Waals surface area contributed by atoms with E-state index >= 15 is 0 Å². The SMILES string of the molecule is O=C1CCCN1c1cc(Nc2ncc(-c3nn[nH]n3)cn2)cc2[nH]cnc12. The molecule has 27 heavy (non-hydrogen) atoms. The second kappa shape index (κ2) is 6.12. The molecule has 3 aromatic heterocycles. The van der Waals surface area contributed by atoms with E-state index in [2.05, 4.69) is 45.9 Å². The topological polar surface area (TPSA) is 141 Å². The van der Waals surface area contributed by atoms with Crippen LogP contribution in [0.3, 0.4) is 0 Å². The predicted molar refractivity (Wildman–Crippen MR) is 96.2 cm³/mol. The number of carbonyl (C=O) groups excluding carboxylic acids is 1. The zero-order chi connectivity index (χ0) is 18.2. The van der Waals surface area contributed by atoms with Crippen LogP contribution in [-0.2, 0) is 4.79 Å². The quantitative estimate of drug-likeness (QED) is 0.495. The molecule has 4 aromatic rings. The lowest BCUT2D eigenvalue weighted by Gasteiger charge is -2.17. The summed E-state index contributed by atoms with van der Waals surface area (Å²) in [5.74, 6) is 0.951. The Balaban J connectivity index is 1.47. The first kappa shape index (κ1) is 15.4. The van der Waals surface area contributed by atoms with Crippen molar-refractivity contribution in [2.75, 3.05) is 16.8 Å². The van der Waals surface area contributed by atoms with Crippen LogP contribution in [0.2, 0.25) is 0 Å². The lowest BCUT2D eigenvalue weighted by Crippen LogP contribution is -2.24. The Bertz CT molecular complexity index is 1100. The number of aromatic nitrogens is 8. The van der Waals surface area contributed by atoms with Gasteiger partial charge in [-0.25, -0.2) is 15.0 Å². The molecule has 1 aliphatic heterocycles. The number of imidazole rings is 1. The van der Waals surface area contributed by atoms with Crippen LogP contribution in [0.1, 0.15) is 12.8 Å². The normalized spacial score (nSPS) is 14.2. The summed E-state index contributed by atoms with van der Waals surface area (Å²) >= 11 is 0. The maximum atomic E-state index is 12.2. The van der Waals surface area contributed by atoms with Crippen molar-refractivity contribution in [3.8, 4) is 11.4 Å². The zero-order valence-electron chi connectivity index (χ0n) is 14.0. The van der Waals surface area contributed by atoms with Crippen LogP contribution in [0.5, 0.6) is 0 Å². The Kier molecular flexibility index (Phi) is 3.49. The van der Waals surface area contributed by atoms with E-state index in [0.717, 1.165) is 28.8 Å². The van der Waals surface area contributed by atoms with Crippen LogP contribution in [0.25, 0.3) is 22.4 Å². The molecule has 0 unspecified atom stereocenters. The highest BCUT2D eigenvalue weighted by atomic mass is 16.2. The van der Waals surface area contributed by atoms with Gasteiger partial charge in [0.1, 0.15) is 5.52 Å². The Morgan fingerprint density at radius 1 is 1.15 bits per heavy atom. The number of tetrazole rings is 1. The van der Waals surface area contributed by atoms with Crippen LogP contribution in [0.4, 0.5) is 17.3 Å². The third-order valence-corrected chi connectivity index (χ3v) is 4.38. The number of anilines is 3. The summed E-state index contributed by atoms with van der Waals surface area (Å²) in [5, 5.41) is 16.9. The van der Waals surface area contributed by atoms with E-state index in [4.69, 9.17) is 0 Å². The van der Waals surface area contributed by atoms with Gasteiger partial charge in [-0.3, -0.25) is 4.79 Å². The van der Waals surface area contributed by atoms with E-state index in [1.54, 1.807) is 23.6 Å². The number of hydrogen-bond acceptors (Lipinski definition) is 8. The van der Waals surface area contributed by atoms with Crippen molar-refractivity contribution in [2.24, 2.45) is 0 Å². The molecule has 0 spiro atoms. The summed E-state index contributed by atoms with van der Waals surface area (Å²) in [6.07, 6.45) is 6.25. The number of nitrogens with zero attached hydrogens (tertiary/aromatic N) is 7. The van der Waals surface area contributed by atoms with E-state index in [1.807, 2.05) is 12.1 Å². The first-order valence-corrected chi connectivity index (χ1v) is 8.38. The predicted octanol–water partition coefficient (Wildman–Crippen LogP) is 1.40. The standard InChI is InChI=1S/C16H14N10O/c27-13-2-1-3-26(13)12-5-10(4-11-14(12)20-8-19-11)21-16-17-6-9(7-18-16)15-22-24-25-23-15/h4-8H,1-3H2,(H,19,20)(H,17,18,21)(H,22,23,24,25). The number of aromatic amines is 2. The van der Waals surface area contributed by atoms with E-state index in [-0.39, 0.29) is 5.91 Å². The summed E-state index contributed by atoms with van der Waals surface area (Å²) in [5.41, 5.74) is 3.79. The fraction of sp³-hybridized carbons (Fsp3) is 0.188. The minimum Gasteiger partial charge on any atom is -0.344 e. The number of fused-ring (bicyclic) bond motifs is 1. The molecule has 1 saturated heterocycles. The Morgan fingerprint density at radius 3 is 2.78 bits per heavy atom. The maximum absolute atomic E-state index is 12.2. The van der Waals surface area contributed by atoms with Gasteiger partial charge in [0.2, 0.25) is 17.7 Å². The van der Waals surface area contributed by atoms with Gasteiger partial charge in [-0.05, 0) is 23.8 Å². The van der Waals surface area contributed by atoms with Gasteiger partial charge in [0.15, 0.2) is 0 Å². The third kappa shape index (κ3) is 2.74. The fourth-order valence-corrected chi connectivity index (χ4v) is 3.13. The monoisotopic (exact) mass is 362 g/mol. The summed E-state index contributed by atoms with van der Waals surface area (Å²) in [4.78, 5) is 30.0. The van der Waals surface area contributed by atoms with Crippen molar-refractivity contribution in [1.29, 1.82) is 0 Å². The molecule has 4 heterocycles. The zero-order valence-corrected chi connectivity index (χ0v) is 14.0. The van der Waals surface area contributed by atoms with Crippen LogP contribution >= 0.6 is 0 Å². The highest BCUT2D eigenvalue weighted by Gasteiger charge is 2.24. The maximum Gasteiger partial charge on any atom is 0.227 e. The van der Waals surface area contributed by atoms with Gasteiger partial charge in [-0.1, -0.05) is 0 Å². The number of benzene rings is 1. The van der Waals surface area contributed by atoms with Crippen LogP contribution in [0, 0.1) is 0 Å². The van der Waals surface area contributed by atoms with Gasteiger partial charge in [0.25, 0.3) is 0 Å². The van der Waals surface area contributed by atoms with Crippen LogP contribution in [-0.4, -0.2) is 53.0 Å². The first-order chi connectivity index (χ1) is 13.3. The number of carbonyl (C=O) groups is 1. The largest absolute Gasteiger partial charge is 0.344 e. The smallest absolute Gasteiger partial charge is 0.227 e. The lowest BCUT2D eigenvalue weighted by molar-refractivity contribution is -0.117. The van der Waals surface area contributed by atoms with Crippen molar-refractivity contribution in [3.63, 3.8) is 0 Å². The van der Waals surface area contributed by atoms with Crippen molar-refractivity contribution in [3.05, 3.63) is 30.9 Å². The molecule has 3 N–H and O–H groups in total. The molecule has 1 aromatic carbocycles. The summed E-state index contributed by atoms with van der Waals surface area (Å²) in [6.45, 7) is 0.695. The molecular formula is C16H14N10O. The molecule has 1 aliphatic rings. The van der Waals surface area contributed by atoms with Gasteiger partial charge < -0.3 is 15.2 Å². The molecule has 0 saturated carbocycles. The third-order valence-electron chi connectivity index (χ3n) is 4.38. The average Bonchev–Trinajstić information content (AvgIpc) is 3.43. The molecular weight excluding hydrogens is 348 g/mol. The lowest BCUT2D eigenvalue weighted by atomic mass is 10.2. The summed E-state index contributed by atoms with van der Waals surface area (Å²) < 4.78 is 0. The Morgan fingerprint density at radius 2 is 2.04 bits per heavy atom. The molecule has 5 rings (SSSR count). The average molecular weight is 362 g/mol. The molecule has 1 amide bonds. The molecule has 11 nitrogen and oxygen atoms in total. The number of H-pyrrole nitrogens is 2.